The quantitative estimate of drug-likeness (QED) is 0.603. The van der Waals surface area contributed by atoms with Gasteiger partial charge in [0.25, 0.3) is 0 Å². The molecule has 12 heteroatoms. The second-order valence-electron chi connectivity index (χ2n) is 4.66. The van der Waals surface area contributed by atoms with Crippen LogP contribution in [0.3, 0.4) is 0 Å². The van der Waals surface area contributed by atoms with Crippen molar-refractivity contribution in [3.8, 4) is 0 Å². The molecule has 0 amide bonds. The lowest BCUT2D eigenvalue weighted by Crippen LogP contribution is -2.42. The second kappa shape index (κ2) is 7.73. The lowest BCUT2D eigenvalue weighted by Gasteiger charge is -2.23. The highest BCUT2D eigenvalue weighted by molar-refractivity contribution is 5.85. The Labute approximate surface area is 142 Å². The number of rotatable bonds is 4. The third-order valence-corrected chi connectivity index (χ3v) is 2.91. The molecule has 1 rings (SSSR count). The van der Waals surface area contributed by atoms with Crippen LogP contribution in [0.4, 0.5) is 35.1 Å². The van der Waals surface area contributed by atoms with Gasteiger partial charge in [-0.15, -0.1) is 12.4 Å². The van der Waals surface area contributed by atoms with Gasteiger partial charge in [0.15, 0.2) is 0 Å². The van der Waals surface area contributed by atoms with Gasteiger partial charge in [-0.1, -0.05) is 0 Å². The average molecular weight is 402 g/mol. The standard InChI is InChI=1S/C13H11F8NO2.ClH/c1-2-24-10(23)11(14,15)9(22)6-3-7(12(16,17)18)5-8(4-6)13(19,20)21;/h3-5,9H,2,22H2,1H3;1H/t9-;/m1./s1. The predicted molar refractivity (Wildman–Crippen MR) is 72.2 cm³/mol. The number of ether oxygens (including phenoxy) is 1. The molecule has 0 unspecified atom stereocenters. The zero-order valence-electron chi connectivity index (χ0n) is 12.3. The zero-order valence-corrected chi connectivity index (χ0v) is 13.2. The molecule has 1 aromatic rings. The van der Waals surface area contributed by atoms with E-state index in [1.807, 2.05) is 0 Å². The van der Waals surface area contributed by atoms with E-state index in [9.17, 15) is 39.9 Å². The first-order valence-corrected chi connectivity index (χ1v) is 6.31. The number of carbonyl (C=O) groups is 1. The Kier molecular flexibility index (Phi) is 7.23. The molecule has 1 atom stereocenters. The van der Waals surface area contributed by atoms with Crippen LogP contribution in [0, 0.1) is 0 Å². The smallest absolute Gasteiger partial charge is 0.416 e. The normalized spacial score (nSPS) is 13.8. The minimum atomic E-state index is -5.23. The summed E-state index contributed by atoms with van der Waals surface area (Å²) in [6.07, 6.45) is -10.5. The van der Waals surface area contributed by atoms with Crippen molar-refractivity contribution in [1.82, 2.24) is 0 Å². The molecule has 0 radical (unpaired) electrons. The van der Waals surface area contributed by atoms with Gasteiger partial charge in [-0.25, -0.2) is 4.79 Å². The molecule has 0 saturated heterocycles. The molecule has 2 N–H and O–H groups in total. The number of hydrogen-bond donors (Lipinski definition) is 1. The van der Waals surface area contributed by atoms with Crippen LogP contribution in [0.15, 0.2) is 18.2 Å². The molecule has 0 aliphatic rings. The summed E-state index contributed by atoms with van der Waals surface area (Å²) in [5.74, 6) is -6.66. The molecule has 0 aliphatic carbocycles. The van der Waals surface area contributed by atoms with E-state index in [1.165, 1.54) is 6.92 Å². The monoisotopic (exact) mass is 401 g/mol. The summed E-state index contributed by atoms with van der Waals surface area (Å²) >= 11 is 0. The van der Waals surface area contributed by atoms with Crippen LogP contribution in [-0.2, 0) is 21.9 Å². The van der Waals surface area contributed by atoms with Gasteiger partial charge in [0.2, 0.25) is 0 Å². The largest absolute Gasteiger partial charge is 0.462 e. The summed E-state index contributed by atoms with van der Waals surface area (Å²) in [7, 11) is 0. The first-order valence-electron chi connectivity index (χ1n) is 6.31. The van der Waals surface area contributed by atoms with E-state index < -0.39 is 53.6 Å². The molecule has 0 heterocycles. The Morgan fingerprint density at radius 1 is 1.00 bits per heavy atom. The van der Waals surface area contributed by atoms with Crippen molar-refractivity contribution in [3.05, 3.63) is 34.9 Å². The van der Waals surface area contributed by atoms with E-state index in [1.54, 1.807) is 0 Å². The molecular formula is C13H12ClF8NO2. The van der Waals surface area contributed by atoms with E-state index in [-0.39, 0.29) is 30.6 Å². The summed E-state index contributed by atoms with van der Waals surface area (Å²) in [6, 6.07) is -2.92. The Balaban J connectivity index is 0.00000576. The first kappa shape index (κ1) is 23.4. The topological polar surface area (TPSA) is 52.3 Å². The minimum absolute atomic E-state index is 0. The molecule has 25 heavy (non-hydrogen) atoms. The molecule has 0 aromatic heterocycles. The summed E-state index contributed by atoms with van der Waals surface area (Å²) in [4.78, 5) is 11.1. The fourth-order valence-electron chi connectivity index (χ4n) is 1.72. The lowest BCUT2D eigenvalue weighted by atomic mass is 9.96. The van der Waals surface area contributed by atoms with E-state index in [0.29, 0.717) is 0 Å². The average Bonchev–Trinajstić information content (AvgIpc) is 2.44. The van der Waals surface area contributed by atoms with Crippen molar-refractivity contribution < 1.29 is 44.7 Å². The van der Waals surface area contributed by atoms with Crippen LogP contribution in [0.25, 0.3) is 0 Å². The summed E-state index contributed by atoms with van der Waals surface area (Å²) < 4.78 is 108. The van der Waals surface area contributed by atoms with Gasteiger partial charge in [-0.3, -0.25) is 0 Å². The van der Waals surface area contributed by atoms with Crippen LogP contribution in [-0.4, -0.2) is 18.5 Å². The molecule has 0 fully saturated rings. The first-order chi connectivity index (χ1) is 10.7. The minimum Gasteiger partial charge on any atom is -0.462 e. The Morgan fingerprint density at radius 3 is 1.72 bits per heavy atom. The molecular weight excluding hydrogens is 390 g/mol. The predicted octanol–water partition coefficient (Wildman–Crippen LogP) is 4.34. The number of benzene rings is 1. The Hall–Kier alpha value is -1.62. The summed E-state index contributed by atoms with van der Waals surface area (Å²) in [5, 5.41) is 0. The van der Waals surface area contributed by atoms with Gasteiger partial charge in [0.05, 0.1) is 17.7 Å². The molecule has 1 aromatic carbocycles. The number of halogens is 9. The maximum Gasteiger partial charge on any atom is 0.416 e. The highest BCUT2D eigenvalue weighted by Gasteiger charge is 2.49. The molecule has 144 valence electrons. The molecule has 0 saturated carbocycles. The number of esters is 1. The van der Waals surface area contributed by atoms with E-state index in [4.69, 9.17) is 5.73 Å². The number of nitrogens with two attached hydrogens (primary N) is 1. The SMILES string of the molecule is CCOC(=O)C(F)(F)[C@H](N)c1cc(C(F)(F)F)cc(C(F)(F)F)c1.Cl. The number of hydrogen-bond acceptors (Lipinski definition) is 3. The fraction of sp³-hybridized carbons (Fsp3) is 0.462. The fourth-order valence-corrected chi connectivity index (χ4v) is 1.72. The number of alkyl halides is 8. The Morgan fingerprint density at radius 2 is 1.40 bits per heavy atom. The molecule has 0 aliphatic heterocycles. The van der Waals surface area contributed by atoms with Gasteiger partial charge >= 0.3 is 24.2 Å². The van der Waals surface area contributed by atoms with Crippen LogP contribution >= 0.6 is 12.4 Å². The van der Waals surface area contributed by atoms with Gasteiger partial charge < -0.3 is 10.5 Å². The van der Waals surface area contributed by atoms with Crippen LogP contribution in [0.1, 0.15) is 29.7 Å². The van der Waals surface area contributed by atoms with Crippen LogP contribution < -0.4 is 5.73 Å². The van der Waals surface area contributed by atoms with Gasteiger partial charge in [0, 0.05) is 0 Å². The second-order valence-corrected chi connectivity index (χ2v) is 4.66. The highest BCUT2D eigenvalue weighted by Crippen LogP contribution is 2.39. The van der Waals surface area contributed by atoms with Crippen molar-refractivity contribution in [1.29, 1.82) is 0 Å². The maximum atomic E-state index is 13.8. The van der Waals surface area contributed by atoms with Gasteiger partial charge in [0.1, 0.15) is 6.04 Å². The van der Waals surface area contributed by atoms with E-state index in [0.717, 1.165) is 0 Å². The van der Waals surface area contributed by atoms with Crippen LogP contribution in [0.2, 0.25) is 0 Å². The summed E-state index contributed by atoms with van der Waals surface area (Å²) in [6.45, 7) is 0.711. The molecule has 0 bridgehead atoms. The van der Waals surface area contributed by atoms with Crippen molar-refractivity contribution >= 4 is 18.4 Å². The van der Waals surface area contributed by atoms with Gasteiger partial charge in [-0.05, 0) is 30.7 Å². The van der Waals surface area contributed by atoms with Crippen molar-refractivity contribution in [2.75, 3.05) is 6.61 Å². The third-order valence-electron chi connectivity index (χ3n) is 2.91. The highest BCUT2D eigenvalue weighted by atomic mass is 35.5. The number of carbonyl (C=O) groups excluding carboxylic acids is 1. The maximum absolute atomic E-state index is 13.8. The van der Waals surface area contributed by atoms with Crippen molar-refractivity contribution in [2.24, 2.45) is 5.73 Å². The van der Waals surface area contributed by atoms with Crippen LogP contribution in [0.5, 0.6) is 0 Å². The van der Waals surface area contributed by atoms with E-state index >= 15 is 0 Å². The molecule has 0 spiro atoms. The molecule has 3 nitrogen and oxygen atoms in total. The van der Waals surface area contributed by atoms with Gasteiger partial charge in [-0.2, -0.15) is 35.1 Å². The Bertz CT molecular complexity index is 583. The van der Waals surface area contributed by atoms with Crippen molar-refractivity contribution in [3.63, 3.8) is 0 Å². The third kappa shape index (κ3) is 5.43. The lowest BCUT2D eigenvalue weighted by molar-refractivity contribution is -0.174. The summed E-state index contributed by atoms with van der Waals surface area (Å²) in [5.41, 5.74) is 0.210. The van der Waals surface area contributed by atoms with Crippen molar-refractivity contribution in [2.45, 2.75) is 31.2 Å². The van der Waals surface area contributed by atoms with E-state index in [2.05, 4.69) is 4.74 Å². The zero-order chi connectivity index (χ0) is 18.9.